The summed E-state index contributed by atoms with van der Waals surface area (Å²) in [6.45, 7) is -0.744. The number of hydrogen-bond acceptors (Lipinski definition) is 14. The first kappa shape index (κ1) is 28.6. The van der Waals surface area contributed by atoms with Crippen LogP contribution in [-0.2, 0) is 16.0 Å². The molecule has 5 rings (SSSR count). The van der Waals surface area contributed by atoms with Crippen molar-refractivity contribution < 1.29 is 44.9 Å². The van der Waals surface area contributed by atoms with Crippen LogP contribution in [0.1, 0.15) is 16.7 Å². The van der Waals surface area contributed by atoms with Crippen molar-refractivity contribution in [3.05, 3.63) is 63.2 Å². The molecule has 2 saturated heterocycles. The van der Waals surface area contributed by atoms with Gasteiger partial charge in [0.2, 0.25) is 0 Å². The van der Waals surface area contributed by atoms with E-state index < -0.39 is 78.9 Å². The van der Waals surface area contributed by atoms with E-state index in [4.69, 9.17) is 9.47 Å². The third-order valence-electron chi connectivity index (χ3n) is 6.78. The van der Waals surface area contributed by atoms with Crippen LogP contribution in [0.15, 0.2) is 46.2 Å². The van der Waals surface area contributed by atoms with Crippen LogP contribution >= 0.6 is 0 Å². The van der Waals surface area contributed by atoms with Crippen molar-refractivity contribution in [1.82, 2.24) is 34.8 Å². The standard InChI is InChI=1S/C23H27N7O11/c31-8-13-16(34)17(35)18(36)21(40-13)26-20(38)10-3-1-2-9(24-10)11-6-29(28-27-11)7-12-15(33)19(37)22(41-12)30-5-4-14(32)25-23(30)39/h1-6,12-13,15-19,21-22,31,33-37H,7-8H2,(H,26,38)(H,25,32,39)/t12-,13-,15-,16-,17+,18-,19-,21-,22-/m1/s1. The zero-order valence-corrected chi connectivity index (χ0v) is 21.0. The molecule has 0 unspecified atom stereocenters. The van der Waals surface area contributed by atoms with Crippen molar-refractivity contribution in [2.45, 2.75) is 61.7 Å². The van der Waals surface area contributed by atoms with Gasteiger partial charge in [0.25, 0.3) is 11.5 Å². The Labute approximate surface area is 229 Å². The summed E-state index contributed by atoms with van der Waals surface area (Å²) in [6, 6.07) is 5.50. The maximum absolute atomic E-state index is 12.8. The average Bonchev–Trinajstić information content (AvgIpc) is 3.54. The van der Waals surface area contributed by atoms with Crippen molar-refractivity contribution in [2.24, 2.45) is 0 Å². The molecule has 0 aliphatic carbocycles. The van der Waals surface area contributed by atoms with E-state index in [2.05, 4.69) is 20.6 Å². The molecule has 0 saturated carbocycles. The number of ether oxygens (including phenoxy) is 2. The van der Waals surface area contributed by atoms with Gasteiger partial charge in [0.05, 0.1) is 25.0 Å². The normalized spacial score (nSPS) is 31.7. The van der Waals surface area contributed by atoms with Gasteiger partial charge in [0, 0.05) is 12.3 Å². The Hall–Kier alpha value is -3.88. The highest BCUT2D eigenvalue weighted by Gasteiger charge is 2.45. The van der Waals surface area contributed by atoms with Gasteiger partial charge < -0.3 is 45.4 Å². The second-order valence-corrected chi connectivity index (χ2v) is 9.52. The van der Waals surface area contributed by atoms with Crippen LogP contribution < -0.4 is 16.6 Å². The molecule has 1 amide bonds. The number of aromatic amines is 1. The molecule has 5 heterocycles. The second kappa shape index (κ2) is 11.5. The minimum atomic E-state index is -1.67. The van der Waals surface area contributed by atoms with Gasteiger partial charge in [-0.05, 0) is 12.1 Å². The maximum atomic E-state index is 12.8. The first-order valence-electron chi connectivity index (χ1n) is 12.4. The smallest absolute Gasteiger partial charge is 0.330 e. The number of H-pyrrole nitrogens is 1. The fraction of sp³-hybridized carbons (Fsp3) is 0.478. The van der Waals surface area contributed by atoms with Gasteiger partial charge in [-0.25, -0.2) is 14.5 Å². The van der Waals surface area contributed by atoms with E-state index in [-0.39, 0.29) is 23.6 Å². The van der Waals surface area contributed by atoms with E-state index in [0.29, 0.717) is 0 Å². The summed E-state index contributed by atoms with van der Waals surface area (Å²) in [6.07, 6.45) is -10.1. The molecule has 220 valence electrons. The lowest BCUT2D eigenvalue weighted by molar-refractivity contribution is -0.233. The summed E-state index contributed by atoms with van der Waals surface area (Å²) < 4.78 is 13.2. The van der Waals surface area contributed by atoms with Crippen LogP contribution in [0.3, 0.4) is 0 Å². The summed E-state index contributed by atoms with van der Waals surface area (Å²) in [5.74, 6) is -0.788. The summed E-state index contributed by atoms with van der Waals surface area (Å²) in [7, 11) is 0. The highest BCUT2D eigenvalue weighted by Crippen LogP contribution is 2.29. The minimum absolute atomic E-state index is 0.0862. The number of aliphatic hydroxyl groups excluding tert-OH is 6. The van der Waals surface area contributed by atoms with Gasteiger partial charge in [-0.1, -0.05) is 11.3 Å². The van der Waals surface area contributed by atoms with Gasteiger partial charge in [-0.2, -0.15) is 0 Å². The average molecular weight is 578 g/mol. The first-order chi connectivity index (χ1) is 19.6. The zero-order chi connectivity index (χ0) is 29.4. The Morgan fingerprint density at radius 1 is 0.951 bits per heavy atom. The van der Waals surface area contributed by atoms with Gasteiger partial charge in [-0.3, -0.25) is 19.1 Å². The highest BCUT2D eigenvalue weighted by molar-refractivity contribution is 5.92. The zero-order valence-electron chi connectivity index (χ0n) is 21.0. The predicted octanol–water partition coefficient (Wildman–Crippen LogP) is -4.96. The van der Waals surface area contributed by atoms with Crippen LogP contribution in [0, 0.1) is 0 Å². The molecule has 41 heavy (non-hydrogen) atoms. The molecule has 0 radical (unpaired) electrons. The van der Waals surface area contributed by atoms with Crippen LogP contribution in [0.25, 0.3) is 11.4 Å². The van der Waals surface area contributed by atoms with Crippen molar-refractivity contribution in [3.8, 4) is 11.4 Å². The quantitative estimate of drug-likeness (QED) is 0.131. The molecular formula is C23H27N7O11. The number of aliphatic hydroxyl groups is 6. The van der Waals surface area contributed by atoms with E-state index in [1.54, 1.807) is 6.07 Å². The Bertz CT molecular complexity index is 1510. The third kappa shape index (κ3) is 5.67. The topological polar surface area (TPSA) is 267 Å². The SMILES string of the molecule is O=C(N[C@@H]1O[C@H](CO)[C@@H](O)[C@H](O)[C@H]1O)c1cccc(-c2cn(C[C@H]3O[C@@H](n4ccc(=O)[nH]c4=O)[C@H](O)[C@@H]3O)nn2)n1. The van der Waals surface area contributed by atoms with Gasteiger partial charge in [0.1, 0.15) is 54.1 Å². The molecule has 3 aromatic rings. The number of carbonyl (C=O) groups excluding carboxylic acids is 1. The minimum Gasteiger partial charge on any atom is -0.394 e. The summed E-state index contributed by atoms with van der Waals surface area (Å²) in [5, 5.41) is 70.6. The summed E-state index contributed by atoms with van der Waals surface area (Å²) in [4.78, 5) is 42.5. The fourth-order valence-corrected chi connectivity index (χ4v) is 4.55. The molecule has 2 fully saturated rings. The lowest BCUT2D eigenvalue weighted by atomic mass is 9.98. The maximum Gasteiger partial charge on any atom is 0.330 e. The number of amides is 1. The van der Waals surface area contributed by atoms with E-state index >= 15 is 0 Å². The van der Waals surface area contributed by atoms with Gasteiger partial charge in [-0.15, -0.1) is 5.10 Å². The molecule has 0 spiro atoms. The Balaban J connectivity index is 1.26. The van der Waals surface area contributed by atoms with Crippen molar-refractivity contribution in [3.63, 3.8) is 0 Å². The molecule has 8 N–H and O–H groups in total. The largest absolute Gasteiger partial charge is 0.394 e. The molecule has 3 aromatic heterocycles. The van der Waals surface area contributed by atoms with Crippen molar-refractivity contribution in [2.75, 3.05) is 6.61 Å². The Kier molecular flexibility index (Phi) is 8.07. The Morgan fingerprint density at radius 2 is 1.71 bits per heavy atom. The lowest BCUT2D eigenvalue weighted by Crippen LogP contribution is -2.63. The van der Waals surface area contributed by atoms with Crippen molar-refractivity contribution in [1.29, 1.82) is 0 Å². The van der Waals surface area contributed by atoms with Crippen LogP contribution in [0.4, 0.5) is 0 Å². The molecule has 18 heteroatoms. The highest BCUT2D eigenvalue weighted by atomic mass is 16.6. The monoisotopic (exact) mass is 577 g/mol. The number of pyridine rings is 1. The van der Waals surface area contributed by atoms with Crippen LogP contribution in [0.5, 0.6) is 0 Å². The molecular weight excluding hydrogens is 550 g/mol. The number of nitrogens with one attached hydrogen (secondary N) is 2. The number of rotatable bonds is 7. The van der Waals surface area contributed by atoms with Gasteiger partial charge >= 0.3 is 5.69 Å². The lowest BCUT2D eigenvalue weighted by Gasteiger charge is -2.40. The van der Waals surface area contributed by atoms with E-state index in [0.717, 1.165) is 16.8 Å². The number of nitrogens with zero attached hydrogens (tertiary/aromatic N) is 5. The predicted molar refractivity (Wildman–Crippen MR) is 132 cm³/mol. The van der Waals surface area contributed by atoms with E-state index in [9.17, 15) is 45.0 Å². The van der Waals surface area contributed by atoms with Crippen LogP contribution in [0.2, 0.25) is 0 Å². The van der Waals surface area contributed by atoms with Crippen LogP contribution in [-0.4, -0.2) is 122 Å². The van der Waals surface area contributed by atoms with Crippen molar-refractivity contribution >= 4 is 5.91 Å². The second-order valence-electron chi connectivity index (χ2n) is 9.52. The first-order valence-corrected chi connectivity index (χ1v) is 12.4. The summed E-state index contributed by atoms with van der Waals surface area (Å²) in [5.41, 5.74) is -1.10. The van der Waals surface area contributed by atoms with E-state index in [1.807, 2.05) is 4.98 Å². The molecule has 9 atom stereocenters. The molecule has 0 aromatic carbocycles. The third-order valence-corrected chi connectivity index (χ3v) is 6.78. The molecule has 2 aliphatic heterocycles. The Morgan fingerprint density at radius 3 is 2.44 bits per heavy atom. The fourth-order valence-electron chi connectivity index (χ4n) is 4.55. The summed E-state index contributed by atoms with van der Waals surface area (Å²) >= 11 is 0. The molecule has 0 bridgehead atoms. The number of aromatic nitrogens is 6. The molecule has 2 aliphatic rings. The van der Waals surface area contributed by atoms with Gasteiger partial charge in [0.15, 0.2) is 12.5 Å². The van der Waals surface area contributed by atoms with E-state index in [1.165, 1.54) is 23.0 Å². The number of carbonyl (C=O) groups is 1. The number of hydrogen-bond donors (Lipinski definition) is 8. The molecule has 18 nitrogen and oxygen atoms in total.